The van der Waals surface area contributed by atoms with Crippen molar-refractivity contribution in [3.05, 3.63) is 82.5 Å². The molecule has 3 aromatic rings. The number of hydrogen-bond acceptors (Lipinski definition) is 6. The van der Waals surface area contributed by atoms with Gasteiger partial charge < -0.3 is 15.0 Å². The maximum atomic E-state index is 11.7. The fourth-order valence-electron chi connectivity index (χ4n) is 2.72. The van der Waals surface area contributed by atoms with Crippen LogP contribution >= 0.6 is 0 Å². The van der Waals surface area contributed by atoms with Crippen LogP contribution in [0.25, 0.3) is 0 Å². The minimum Gasteiger partial charge on any atom is -0.457 e. The van der Waals surface area contributed by atoms with Gasteiger partial charge in [-0.05, 0) is 54.4 Å². The van der Waals surface area contributed by atoms with E-state index in [1.165, 1.54) is 18.3 Å². The fraction of sp³-hybridized carbons (Fsp3) is 0.182. The number of nitro groups is 1. The molecule has 8 heteroatoms. The van der Waals surface area contributed by atoms with Crippen LogP contribution < -0.4 is 10.1 Å². The van der Waals surface area contributed by atoms with E-state index in [-0.39, 0.29) is 17.4 Å². The van der Waals surface area contributed by atoms with Crippen molar-refractivity contribution in [3.8, 4) is 11.5 Å². The van der Waals surface area contributed by atoms with E-state index in [9.17, 15) is 14.9 Å². The number of nitrogens with zero attached hydrogens (tertiary/aromatic N) is 3. The second-order valence-electron chi connectivity index (χ2n) is 6.81. The molecule has 0 fully saturated rings. The SMILES string of the molecule is CN(C)C(=O)CCc1ccc(Oc2ccc(Nc3ncccc3[N+](=O)[O-])cc2)cc1. The average Bonchev–Trinajstić information content (AvgIpc) is 2.74. The van der Waals surface area contributed by atoms with Crippen molar-refractivity contribution in [2.24, 2.45) is 0 Å². The van der Waals surface area contributed by atoms with Crippen molar-refractivity contribution in [2.75, 3.05) is 19.4 Å². The normalized spacial score (nSPS) is 10.3. The summed E-state index contributed by atoms with van der Waals surface area (Å²) in [6, 6.07) is 17.6. The molecule has 2 aromatic carbocycles. The number of nitrogens with one attached hydrogen (secondary N) is 1. The maximum Gasteiger partial charge on any atom is 0.311 e. The number of carbonyl (C=O) groups excluding carboxylic acids is 1. The number of pyridine rings is 1. The van der Waals surface area contributed by atoms with Crippen molar-refractivity contribution >= 4 is 23.1 Å². The zero-order valence-corrected chi connectivity index (χ0v) is 16.7. The maximum absolute atomic E-state index is 11.7. The first-order valence-electron chi connectivity index (χ1n) is 9.36. The third kappa shape index (κ3) is 5.54. The van der Waals surface area contributed by atoms with Crippen LogP contribution in [0.2, 0.25) is 0 Å². The summed E-state index contributed by atoms with van der Waals surface area (Å²) in [6.45, 7) is 0. The zero-order valence-electron chi connectivity index (χ0n) is 16.7. The lowest BCUT2D eigenvalue weighted by atomic mass is 10.1. The van der Waals surface area contributed by atoms with Gasteiger partial charge in [0.1, 0.15) is 11.5 Å². The summed E-state index contributed by atoms with van der Waals surface area (Å²) < 4.78 is 5.84. The first-order valence-corrected chi connectivity index (χ1v) is 9.36. The Morgan fingerprint density at radius 3 is 2.30 bits per heavy atom. The molecular weight excluding hydrogens is 384 g/mol. The summed E-state index contributed by atoms with van der Waals surface area (Å²) in [5, 5.41) is 14.0. The largest absolute Gasteiger partial charge is 0.457 e. The molecule has 0 spiro atoms. The molecule has 30 heavy (non-hydrogen) atoms. The number of anilines is 2. The molecule has 0 saturated carbocycles. The average molecular weight is 406 g/mol. The van der Waals surface area contributed by atoms with Crippen LogP contribution in [0.5, 0.6) is 11.5 Å². The molecule has 154 valence electrons. The van der Waals surface area contributed by atoms with Gasteiger partial charge in [0, 0.05) is 38.5 Å². The van der Waals surface area contributed by atoms with E-state index >= 15 is 0 Å². The predicted octanol–water partition coefficient (Wildman–Crippen LogP) is 4.55. The lowest BCUT2D eigenvalue weighted by Gasteiger charge is -2.11. The molecule has 0 atom stereocenters. The fourth-order valence-corrected chi connectivity index (χ4v) is 2.72. The Kier molecular flexibility index (Phi) is 6.59. The molecule has 0 bridgehead atoms. The van der Waals surface area contributed by atoms with Gasteiger partial charge in [0.15, 0.2) is 0 Å². The Morgan fingerprint density at radius 1 is 1.07 bits per heavy atom. The van der Waals surface area contributed by atoms with Crippen LogP contribution in [-0.2, 0) is 11.2 Å². The van der Waals surface area contributed by atoms with Gasteiger partial charge in [-0.3, -0.25) is 14.9 Å². The van der Waals surface area contributed by atoms with Gasteiger partial charge in [-0.2, -0.15) is 0 Å². The third-order valence-corrected chi connectivity index (χ3v) is 4.39. The van der Waals surface area contributed by atoms with E-state index in [0.717, 1.165) is 5.56 Å². The third-order valence-electron chi connectivity index (χ3n) is 4.39. The lowest BCUT2D eigenvalue weighted by molar-refractivity contribution is -0.384. The molecular formula is C22H22N4O4. The number of rotatable bonds is 8. The summed E-state index contributed by atoms with van der Waals surface area (Å²) >= 11 is 0. The molecule has 0 aliphatic heterocycles. The highest BCUT2D eigenvalue weighted by atomic mass is 16.6. The van der Waals surface area contributed by atoms with Gasteiger partial charge in [-0.1, -0.05) is 12.1 Å². The summed E-state index contributed by atoms with van der Waals surface area (Å²) in [5.41, 5.74) is 1.63. The quantitative estimate of drug-likeness (QED) is 0.435. The monoisotopic (exact) mass is 406 g/mol. The van der Waals surface area contributed by atoms with E-state index in [1.807, 2.05) is 24.3 Å². The summed E-state index contributed by atoms with van der Waals surface area (Å²) in [5.74, 6) is 1.59. The molecule has 1 N–H and O–H groups in total. The molecule has 0 saturated heterocycles. The van der Waals surface area contributed by atoms with Crippen molar-refractivity contribution in [2.45, 2.75) is 12.8 Å². The molecule has 0 aliphatic rings. The van der Waals surface area contributed by atoms with Crippen LogP contribution in [0.3, 0.4) is 0 Å². The van der Waals surface area contributed by atoms with Gasteiger partial charge in [0.2, 0.25) is 11.7 Å². The van der Waals surface area contributed by atoms with Gasteiger partial charge in [-0.15, -0.1) is 0 Å². The highest BCUT2D eigenvalue weighted by Crippen LogP contribution is 2.27. The highest BCUT2D eigenvalue weighted by Gasteiger charge is 2.14. The van der Waals surface area contributed by atoms with Crippen molar-refractivity contribution in [1.29, 1.82) is 0 Å². The summed E-state index contributed by atoms with van der Waals surface area (Å²) in [4.78, 5) is 27.9. The Balaban J connectivity index is 1.59. The number of ether oxygens (including phenoxy) is 1. The number of benzene rings is 2. The first kappa shape index (κ1) is 20.8. The van der Waals surface area contributed by atoms with Crippen LogP contribution in [-0.4, -0.2) is 34.8 Å². The molecule has 0 aliphatic carbocycles. The Labute approximate surface area is 174 Å². The number of aromatic nitrogens is 1. The standard InChI is InChI=1S/C22H22N4O4/c1-25(2)21(27)14-7-16-5-10-18(11-6-16)30-19-12-8-17(9-13-19)24-22-20(26(28)29)4-3-15-23-22/h3-6,8-13,15H,7,14H2,1-2H3,(H,23,24). The van der Waals surface area contributed by atoms with Gasteiger partial charge in [0.05, 0.1) is 4.92 Å². The molecule has 1 amide bonds. The van der Waals surface area contributed by atoms with E-state index < -0.39 is 4.92 Å². The number of hydrogen-bond donors (Lipinski definition) is 1. The van der Waals surface area contributed by atoms with Gasteiger partial charge in [-0.25, -0.2) is 4.98 Å². The zero-order chi connectivity index (χ0) is 21.5. The van der Waals surface area contributed by atoms with Crippen LogP contribution in [0.15, 0.2) is 66.9 Å². The van der Waals surface area contributed by atoms with Gasteiger partial charge in [0.25, 0.3) is 0 Å². The van der Waals surface area contributed by atoms with Crippen LogP contribution in [0.4, 0.5) is 17.2 Å². The minimum atomic E-state index is -0.479. The summed E-state index contributed by atoms with van der Waals surface area (Å²) in [7, 11) is 3.50. The van der Waals surface area contributed by atoms with E-state index in [0.29, 0.717) is 30.0 Å². The first-order chi connectivity index (χ1) is 14.4. The van der Waals surface area contributed by atoms with Crippen LogP contribution in [0.1, 0.15) is 12.0 Å². The molecule has 1 heterocycles. The van der Waals surface area contributed by atoms with Crippen LogP contribution in [0, 0.1) is 10.1 Å². The highest BCUT2D eigenvalue weighted by molar-refractivity contribution is 5.75. The Hall–Kier alpha value is -3.94. The van der Waals surface area contributed by atoms with Gasteiger partial charge >= 0.3 is 5.69 Å². The number of aryl methyl sites for hydroxylation is 1. The molecule has 1 aromatic heterocycles. The van der Waals surface area contributed by atoms with E-state index in [2.05, 4.69) is 10.3 Å². The second-order valence-corrected chi connectivity index (χ2v) is 6.81. The minimum absolute atomic E-state index is 0.0924. The molecule has 0 radical (unpaired) electrons. The molecule has 0 unspecified atom stereocenters. The lowest BCUT2D eigenvalue weighted by Crippen LogP contribution is -2.21. The van der Waals surface area contributed by atoms with Crippen molar-refractivity contribution in [3.63, 3.8) is 0 Å². The molecule has 8 nitrogen and oxygen atoms in total. The predicted molar refractivity (Wildman–Crippen MR) is 114 cm³/mol. The van der Waals surface area contributed by atoms with E-state index in [1.54, 1.807) is 43.3 Å². The topological polar surface area (TPSA) is 97.6 Å². The van der Waals surface area contributed by atoms with E-state index in [4.69, 9.17) is 4.74 Å². The number of amides is 1. The second kappa shape index (κ2) is 9.51. The Morgan fingerprint density at radius 2 is 1.70 bits per heavy atom. The van der Waals surface area contributed by atoms with Crippen molar-refractivity contribution < 1.29 is 14.5 Å². The Bertz CT molecular complexity index is 1020. The molecule has 3 rings (SSSR count). The number of carbonyl (C=O) groups is 1. The van der Waals surface area contributed by atoms with Crippen molar-refractivity contribution in [1.82, 2.24) is 9.88 Å². The smallest absolute Gasteiger partial charge is 0.311 e. The summed E-state index contributed by atoms with van der Waals surface area (Å²) in [6.07, 6.45) is 2.64.